The molecule has 6 heteroatoms. The molecule has 2 aliphatic rings. The van der Waals surface area contributed by atoms with Gasteiger partial charge in [-0.15, -0.1) is 0 Å². The van der Waals surface area contributed by atoms with E-state index in [-0.39, 0.29) is 18.0 Å². The number of hydrogen-bond acceptors (Lipinski definition) is 3. The quantitative estimate of drug-likeness (QED) is 0.719. The van der Waals surface area contributed by atoms with Crippen molar-refractivity contribution >= 4 is 15.9 Å². The van der Waals surface area contributed by atoms with Gasteiger partial charge in [-0.05, 0) is 50.8 Å². The van der Waals surface area contributed by atoms with E-state index in [2.05, 4.69) is 12.1 Å². The Hall–Kier alpha value is -2.18. The predicted molar refractivity (Wildman–Crippen MR) is 113 cm³/mol. The number of benzene rings is 2. The molecule has 0 aromatic heterocycles. The Morgan fingerprint density at radius 3 is 2.14 bits per heavy atom. The Kier molecular flexibility index (Phi) is 5.03. The molecular formula is C23H28N2O3S. The molecule has 1 unspecified atom stereocenters. The monoisotopic (exact) mass is 412 g/mol. The largest absolute Gasteiger partial charge is 0.332 e. The highest BCUT2D eigenvalue weighted by atomic mass is 32.2. The summed E-state index contributed by atoms with van der Waals surface area (Å²) < 4.78 is 27.9. The fraction of sp³-hybridized carbons (Fsp3) is 0.435. The van der Waals surface area contributed by atoms with Gasteiger partial charge in [0.1, 0.15) is 0 Å². The van der Waals surface area contributed by atoms with Gasteiger partial charge in [-0.25, -0.2) is 8.42 Å². The van der Waals surface area contributed by atoms with Crippen molar-refractivity contribution < 1.29 is 13.2 Å². The zero-order valence-corrected chi connectivity index (χ0v) is 18.0. The van der Waals surface area contributed by atoms with Crippen LogP contribution in [0.2, 0.25) is 0 Å². The molecule has 29 heavy (non-hydrogen) atoms. The minimum Gasteiger partial charge on any atom is -0.332 e. The standard InChI is InChI=1S/C23H28N2O3S/c1-17(2)25-21(19-10-5-4-6-11-19)23(22(25)26)13-15-24(16-14-23)29(27,28)20-12-8-7-9-18(20)3/h4-12,17,21H,13-16H2,1-3H3. The average molecular weight is 413 g/mol. The van der Waals surface area contributed by atoms with Crippen LogP contribution in [0.3, 0.4) is 0 Å². The summed E-state index contributed by atoms with van der Waals surface area (Å²) in [7, 11) is -3.55. The minimum absolute atomic E-state index is 0.0134. The summed E-state index contributed by atoms with van der Waals surface area (Å²) in [6, 6.07) is 17.3. The van der Waals surface area contributed by atoms with E-state index >= 15 is 0 Å². The molecular weight excluding hydrogens is 384 g/mol. The molecule has 4 rings (SSSR count). The summed E-state index contributed by atoms with van der Waals surface area (Å²) in [5, 5.41) is 0. The number of rotatable bonds is 4. The van der Waals surface area contributed by atoms with Crippen LogP contribution < -0.4 is 0 Å². The van der Waals surface area contributed by atoms with Crippen molar-refractivity contribution in [2.24, 2.45) is 5.41 Å². The van der Waals surface area contributed by atoms with Gasteiger partial charge in [-0.2, -0.15) is 4.31 Å². The Bertz CT molecular complexity index is 1010. The first-order valence-corrected chi connectivity index (χ1v) is 11.7. The van der Waals surface area contributed by atoms with Crippen LogP contribution in [0.15, 0.2) is 59.5 Å². The van der Waals surface area contributed by atoms with Crippen LogP contribution >= 0.6 is 0 Å². The second kappa shape index (κ2) is 7.26. The molecule has 1 amide bonds. The third-order valence-corrected chi connectivity index (χ3v) is 8.52. The van der Waals surface area contributed by atoms with Crippen LogP contribution in [-0.2, 0) is 14.8 Å². The Morgan fingerprint density at radius 2 is 1.55 bits per heavy atom. The molecule has 0 aliphatic carbocycles. The maximum Gasteiger partial charge on any atom is 0.243 e. The summed E-state index contributed by atoms with van der Waals surface area (Å²) in [4.78, 5) is 15.5. The molecule has 1 spiro atoms. The summed E-state index contributed by atoms with van der Waals surface area (Å²) in [6.45, 7) is 6.64. The predicted octanol–water partition coefficient (Wildman–Crippen LogP) is 3.76. The first-order valence-electron chi connectivity index (χ1n) is 10.2. The molecule has 2 aliphatic heterocycles. The number of β-lactam (4-membered cyclic amide) rings is 1. The van der Waals surface area contributed by atoms with Crippen molar-refractivity contribution in [2.45, 2.75) is 50.6 Å². The van der Waals surface area contributed by atoms with E-state index in [1.165, 1.54) is 0 Å². The molecule has 2 aromatic carbocycles. The van der Waals surface area contributed by atoms with E-state index in [1.807, 2.05) is 56.0 Å². The lowest BCUT2D eigenvalue weighted by Crippen LogP contribution is -2.68. The number of likely N-dealkylation sites (tertiary alicyclic amines) is 1. The molecule has 0 saturated carbocycles. The van der Waals surface area contributed by atoms with Crippen LogP contribution in [0.1, 0.15) is 43.9 Å². The highest BCUT2D eigenvalue weighted by Crippen LogP contribution is 2.57. The number of hydrogen-bond donors (Lipinski definition) is 0. The zero-order chi connectivity index (χ0) is 20.8. The number of amides is 1. The van der Waals surface area contributed by atoms with E-state index in [1.54, 1.807) is 16.4 Å². The second-order valence-corrected chi connectivity index (χ2v) is 10.4. The number of carbonyl (C=O) groups excluding carboxylic acids is 1. The Morgan fingerprint density at radius 1 is 0.966 bits per heavy atom. The van der Waals surface area contributed by atoms with Crippen molar-refractivity contribution in [1.29, 1.82) is 0 Å². The third kappa shape index (κ3) is 3.09. The normalized spacial score (nSPS) is 22.1. The Balaban J connectivity index is 1.61. The average Bonchev–Trinajstić information content (AvgIpc) is 2.72. The maximum absolute atomic E-state index is 13.2. The summed E-state index contributed by atoms with van der Waals surface area (Å²) in [5.74, 6) is 0.161. The van der Waals surface area contributed by atoms with Crippen LogP contribution in [0, 0.1) is 12.3 Å². The van der Waals surface area contributed by atoms with Gasteiger partial charge >= 0.3 is 0 Å². The van der Waals surface area contributed by atoms with E-state index in [4.69, 9.17) is 0 Å². The number of nitrogens with zero attached hydrogens (tertiary/aromatic N) is 2. The van der Waals surface area contributed by atoms with Gasteiger partial charge in [0, 0.05) is 19.1 Å². The first-order chi connectivity index (χ1) is 13.8. The molecule has 2 heterocycles. The van der Waals surface area contributed by atoms with Gasteiger partial charge < -0.3 is 4.90 Å². The number of carbonyl (C=O) groups is 1. The van der Waals surface area contributed by atoms with Crippen molar-refractivity contribution in [2.75, 3.05) is 13.1 Å². The van der Waals surface area contributed by atoms with E-state index in [0.29, 0.717) is 30.8 Å². The van der Waals surface area contributed by atoms with E-state index in [9.17, 15) is 13.2 Å². The molecule has 1 atom stereocenters. The lowest BCUT2D eigenvalue weighted by atomic mass is 9.62. The number of aryl methyl sites for hydroxylation is 1. The molecule has 0 N–H and O–H groups in total. The molecule has 2 fully saturated rings. The molecule has 2 aromatic rings. The van der Waals surface area contributed by atoms with Crippen LogP contribution in [-0.4, -0.2) is 42.7 Å². The van der Waals surface area contributed by atoms with Gasteiger partial charge in [-0.3, -0.25) is 4.79 Å². The molecule has 0 bridgehead atoms. The smallest absolute Gasteiger partial charge is 0.243 e. The second-order valence-electron chi connectivity index (χ2n) is 8.45. The van der Waals surface area contributed by atoms with E-state index in [0.717, 1.165) is 11.1 Å². The third-order valence-electron chi connectivity index (χ3n) is 6.46. The van der Waals surface area contributed by atoms with Gasteiger partial charge in [-0.1, -0.05) is 48.5 Å². The fourth-order valence-electron chi connectivity index (χ4n) is 4.94. The van der Waals surface area contributed by atoms with Crippen LogP contribution in [0.5, 0.6) is 0 Å². The summed E-state index contributed by atoms with van der Waals surface area (Å²) in [5.41, 5.74) is 1.39. The SMILES string of the molecule is Cc1ccccc1S(=O)(=O)N1CCC2(CC1)C(=O)N(C(C)C)C2c1ccccc1. The summed E-state index contributed by atoms with van der Waals surface area (Å²) in [6.07, 6.45) is 1.11. The van der Waals surface area contributed by atoms with E-state index < -0.39 is 15.4 Å². The lowest BCUT2D eigenvalue weighted by Gasteiger charge is -2.60. The van der Waals surface area contributed by atoms with Gasteiger partial charge in [0.15, 0.2) is 0 Å². The van der Waals surface area contributed by atoms with Crippen molar-refractivity contribution in [3.8, 4) is 0 Å². The number of sulfonamides is 1. The van der Waals surface area contributed by atoms with Crippen molar-refractivity contribution in [1.82, 2.24) is 9.21 Å². The van der Waals surface area contributed by atoms with Crippen molar-refractivity contribution in [3.63, 3.8) is 0 Å². The lowest BCUT2D eigenvalue weighted by molar-refractivity contribution is -0.183. The highest BCUT2D eigenvalue weighted by molar-refractivity contribution is 7.89. The zero-order valence-electron chi connectivity index (χ0n) is 17.2. The van der Waals surface area contributed by atoms with Crippen LogP contribution in [0.25, 0.3) is 0 Å². The molecule has 0 radical (unpaired) electrons. The fourth-order valence-corrected chi connectivity index (χ4v) is 6.60. The van der Waals surface area contributed by atoms with Crippen molar-refractivity contribution in [3.05, 3.63) is 65.7 Å². The number of piperidine rings is 1. The Labute approximate surface area is 173 Å². The van der Waals surface area contributed by atoms with Crippen LogP contribution in [0.4, 0.5) is 0 Å². The molecule has 5 nitrogen and oxygen atoms in total. The topological polar surface area (TPSA) is 57.7 Å². The minimum atomic E-state index is -3.55. The highest BCUT2D eigenvalue weighted by Gasteiger charge is 2.62. The molecule has 154 valence electrons. The van der Waals surface area contributed by atoms with Gasteiger partial charge in [0.2, 0.25) is 15.9 Å². The first kappa shape index (κ1) is 20.1. The molecule has 2 saturated heterocycles. The summed E-state index contributed by atoms with van der Waals surface area (Å²) >= 11 is 0. The van der Waals surface area contributed by atoms with Gasteiger partial charge in [0.25, 0.3) is 0 Å². The van der Waals surface area contributed by atoms with Gasteiger partial charge in [0.05, 0.1) is 16.4 Å². The maximum atomic E-state index is 13.2.